The van der Waals surface area contributed by atoms with Crippen LogP contribution in [0, 0.1) is 0 Å². The average Bonchev–Trinajstić information content (AvgIpc) is 2.34. The van der Waals surface area contributed by atoms with Crippen molar-refractivity contribution in [3.05, 3.63) is 12.4 Å². The van der Waals surface area contributed by atoms with Crippen LogP contribution in [0.1, 0.15) is 12.8 Å². The van der Waals surface area contributed by atoms with Gasteiger partial charge in [0.25, 0.3) is 0 Å². The Morgan fingerprint density at radius 3 is 3.06 bits per heavy atom. The second-order valence-corrected chi connectivity index (χ2v) is 4.93. The molecule has 0 saturated carbocycles. The van der Waals surface area contributed by atoms with Crippen molar-refractivity contribution in [2.45, 2.75) is 23.9 Å². The number of likely N-dealkylation sites (tertiary alicyclic amines) is 1. The number of piperidine rings is 1. The van der Waals surface area contributed by atoms with Crippen molar-refractivity contribution in [2.75, 3.05) is 25.2 Å². The Morgan fingerprint density at radius 2 is 2.35 bits per heavy atom. The van der Waals surface area contributed by atoms with Crippen molar-refractivity contribution in [3.63, 3.8) is 0 Å². The van der Waals surface area contributed by atoms with Crippen molar-refractivity contribution >= 4 is 23.5 Å². The molecular weight excluding hydrogens is 236 g/mol. The molecule has 1 amide bonds. The lowest BCUT2D eigenvalue weighted by atomic mass is 10.1. The minimum absolute atomic E-state index is 0.218. The SMILES string of the molecule is CSc1cc(NC2CCC(=O)N(C)C2)ncn1. The topological polar surface area (TPSA) is 58.1 Å². The summed E-state index contributed by atoms with van der Waals surface area (Å²) in [5, 5.41) is 4.30. The van der Waals surface area contributed by atoms with E-state index >= 15 is 0 Å². The van der Waals surface area contributed by atoms with Gasteiger partial charge in [-0.3, -0.25) is 4.79 Å². The minimum atomic E-state index is 0.218. The van der Waals surface area contributed by atoms with E-state index in [1.165, 1.54) is 0 Å². The second kappa shape index (κ2) is 5.35. The number of amides is 1. The largest absolute Gasteiger partial charge is 0.365 e. The first-order valence-corrected chi connectivity index (χ1v) is 6.78. The third-order valence-corrected chi connectivity index (χ3v) is 3.47. The first kappa shape index (κ1) is 12.2. The van der Waals surface area contributed by atoms with Gasteiger partial charge in [-0.25, -0.2) is 9.97 Å². The summed E-state index contributed by atoms with van der Waals surface area (Å²) in [6.07, 6.45) is 5.02. The molecule has 1 fully saturated rings. The number of carbonyl (C=O) groups is 1. The summed E-state index contributed by atoms with van der Waals surface area (Å²) in [5.41, 5.74) is 0. The number of carbonyl (C=O) groups excluding carboxylic acids is 1. The predicted molar refractivity (Wildman–Crippen MR) is 68.1 cm³/mol. The molecule has 5 nitrogen and oxygen atoms in total. The van der Waals surface area contributed by atoms with Crippen LogP contribution in [0.25, 0.3) is 0 Å². The number of likely N-dealkylation sites (N-methyl/N-ethyl adjacent to an activating group) is 1. The summed E-state index contributed by atoms with van der Waals surface area (Å²) in [4.78, 5) is 21.4. The standard InChI is InChI=1S/C11H16N4OS/c1-15-6-8(3-4-11(15)16)14-9-5-10(17-2)13-7-12-9/h5,7-8H,3-4,6H2,1-2H3,(H,12,13,14). The monoisotopic (exact) mass is 252 g/mol. The van der Waals surface area contributed by atoms with Crippen LogP contribution in [0.3, 0.4) is 0 Å². The molecule has 0 bridgehead atoms. The lowest BCUT2D eigenvalue weighted by Gasteiger charge is -2.30. The Hall–Kier alpha value is -1.30. The Bertz CT molecular complexity index is 412. The lowest BCUT2D eigenvalue weighted by molar-refractivity contribution is -0.132. The molecular formula is C11H16N4OS. The number of anilines is 1. The fourth-order valence-electron chi connectivity index (χ4n) is 1.87. The number of nitrogens with one attached hydrogen (secondary N) is 1. The smallest absolute Gasteiger partial charge is 0.222 e. The van der Waals surface area contributed by atoms with Crippen LogP contribution in [0.15, 0.2) is 17.4 Å². The highest BCUT2D eigenvalue weighted by Gasteiger charge is 2.22. The zero-order chi connectivity index (χ0) is 12.3. The number of rotatable bonds is 3. The summed E-state index contributed by atoms with van der Waals surface area (Å²) >= 11 is 1.59. The number of hydrogen-bond donors (Lipinski definition) is 1. The molecule has 0 aliphatic carbocycles. The fourth-order valence-corrected chi connectivity index (χ4v) is 2.25. The van der Waals surface area contributed by atoms with Gasteiger partial charge in [0.15, 0.2) is 0 Å². The molecule has 0 radical (unpaired) electrons. The Morgan fingerprint density at radius 1 is 1.53 bits per heavy atom. The van der Waals surface area contributed by atoms with Gasteiger partial charge in [0.1, 0.15) is 17.2 Å². The van der Waals surface area contributed by atoms with Crippen LogP contribution >= 0.6 is 11.8 Å². The van der Waals surface area contributed by atoms with Crippen molar-refractivity contribution in [3.8, 4) is 0 Å². The molecule has 1 unspecified atom stereocenters. The quantitative estimate of drug-likeness (QED) is 0.647. The van der Waals surface area contributed by atoms with Crippen LogP contribution in [0.4, 0.5) is 5.82 Å². The van der Waals surface area contributed by atoms with Crippen molar-refractivity contribution in [2.24, 2.45) is 0 Å². The second-order valence-electron chi connectivity index (χ2n) is 4.10. The van der Waals surface area contributed by atoms with Gasteiger partial charge in [0.2, 0.25) is 5.91 Å². The third-order valence-electron chi connectivity index (χ3n) is 2.83. The molecule has 92 valence electrons. The molecule has 6 heteroatoms. The van der Waals surface area contributed by atoms with Gasteiger partial charge in [-0.15, -0.1) is 11.8 Å². The number of thioether (sulfide) groups is 1. The molecule has 0 spiro atoms. The molecule has 1 aliphatic heterocycles. The lowest BCUT2D eigenvalue weighted by Crippen LogP contribution is -2.43. The van der Waals surface area contributed by atoms with E-state index in [2.05, 4.69) is 15.3 Å². The maximum Gasteiger partial charge on any atom is 0.222 e. The molecule has 1 aromatic heterocycles. The zero-order valence-corrected chi connectivity index (χ0v) is 10.8. The van der Waals surface area contributed by atoms with E-state index < -0.39 is 0 Å². The molecule has 2 heterocycles. The molecule has 1 N–H and O–H groups in total. The summed E-state index contributed by atoms with van der Waals surface area (Å²) in [5.74, 6) is 1.05. The molecule has 0 aromatic carbocycles. The van der Waals surface area contributed by atoms with Gasteiger partial charge in [0, 0.05) is 32.1 Å². The first-order chi connectivity index (χ1) is 8.19. The van der Waals surface area contributed by atoms with Crippen LogP contribution in [-0.2, 0) is 4.79 Å². The summed E-state index contributed by atoms with van der Waals surface area (Å²) < 4.78 is 0. The molecule has 2 rings (SSSR count). The van der Waals surface area contributed by atoms with Gasteiger partial charge in [-0.05, 0) is 12.7 Å². The fraction of sp³-hybridized carbons (Fsp3) is 0.545. The van der Waals surface area contributed by atoms with Crippen molar-refractivity contribution in [1.29, 1.82) is 0 Å². The molecule has 1 aromatic rings. The number of aromatic nitrogens is 2. The van der Waals surface area contributed by atoms with E-state index in [4.69, 9.17) is 0 Å². The summed E-state index contributed by atoms with van der Waals surface area (Å²) in [7, 11) is 1.84. The number of nitrogens with zero attached hydrogens (tertiary/aromatic N) is 3. The van der Waals surface area contributed by atoms with Gasteiger partial charge < -0.3 is 10.2 Å². The van der Waals surface area contributed by atoms with Gasteiger partial charge in [-0.2, -0.15) is 0 Å². The van der Waals surface area contributed by atoms with Crippen LogP contribution < -0.4 is 5.32 Å². The van der Waals surface area contributed by atoms with Crippen molar-refractivity contribution in [1.82, 2.24) is 14.9 Å². The number of hydrogen-bond acceptors (Lipinski definition) is 5. The van der Waals surface area contributed by atoms with E-state index in [0.29, 0.717) is 6.42 Å². The Labute approximate surface area is 105 Å². The Balaban J connectivity index is 1.98. The van der Waals surface area contributed by atoms with Gasteiger partial charge >= 0.3 is 0 Å². The summed E-state index contributed by atoms with van der Waals surface area (Å²) in [6, 6.07) is 2.21. The maximum absolute atomic E-state index is 11.4. The molecule has 1 saturated heterocycles. The highest BCUT2D eigenvalue weighted by atomic mass is 32.2. The van der Waals surface area contributed by atoms with Crippen LogP contribution in [0.2, 0.25) is 0 Å². The van der Waals surface area contributed by atoms with Crippen molar-refractivity contribution < 1.29 is 4.79 Å². The third kappa shape index (κ3) is 3.09. The minimum Gasteiger partial charge on any atom is -0.365 e. The van der Waals surface area contributed by atoms with Crippen LogP contribution in [-0.4, -0.2) is 46.7 Å². The Kier molecular flexibility index (Phi) is 3.83. The normalized spacial score (nSPS) is 20.5. The first-order valence-electron chi connectivity index (χ1n) is 5.55. The summed E-state index contributed by atoms with van der Waals surface area (Å²) in [6.45, 7) is 0.734. The maximum atomic E-state index is 11.4. The average molecular weight is 252 g/mol. The predicted octanol–water partition coefficient (Wildman–Crippen LogP) is 1.23. The van der Waals surface area contributed by atoms with Crippen LogP contribution in [0.5, 0.6) is 0 Å². The van der Waals surface area contributed by atoms with Gasteiger partial charge in [0.05, 0.1) is 0 Å². The zero-order valence-electron chi connectivity index (χ0n) is 10.0. The van der Waals surface area contributed by atoms with E-state index in [1.54, 1.807) is 23.0 Å². The molecule has 1 aliphatic rings. The van der Waals surface area contributed by atoms with Gasteiger partial charge in [-0.1, -0.05) is 0 Å². The highest BCUT2D eigenvalue weighted by Crippen LogP contribution is 2.17. The highest BCUT2D eigenvalue weighted by molar-refractivity contribution is 7.98. The molecule has 17 heavy (non-hydrogen) atoms. The van der Waals surface area contributed by atoms with E-state index in [9.17, 15) is 4.79 Å². The van der Waals surface area contributed by atoms with E-state index in [-0.39, 0.29) is 11.9 Å². The van der Waals surface area contributed by atoms with E-state index in [0.717, 1.165) is 23.8 Å². The van der Waals surface area contributed by atoms with E-state index in [1.807, 2.05) is 19.4 Å². The molecule has 1 atom stereocenters.